The maximum absolute atomic E-state index is 6.45. The molecule has 0 saturated carbocycles. The molecule has 4 nitrogen and oxygen atoms in total. The van der Waals surface area contributed by atoms with E-state index in [-0.39, 0.29) is 5.04 Å². The lowest BCUT2D eigenvalue weighted by Crippen LogP contribution is -2.44. The number of aryl methyl sites for hydroxylation is 2. The first-order valence-electron chi connectivity index (χ1n) is 8.19. The van der Waals surface area contributed by atoms with Gasteiger partial charge in [0, 0.05) is 12.2 Å². The molecule has 2 heterocycles. The zero-order valence-electron chi connectivity index (χ0n) is 15.0. The number of rotatable bonds is 5. The van der Waals surface area contributed by atoms with Crippen LogP contribution in [0.15, 0.2) is 12.1 Å². The standard InChI is InChI=1S/C17H29N3OSi/c1-8-9-12-20-15-14(11-10-13(2)18-15)16(19-20)21-22(6,7)17(3,4)5/h10-11H,8-9,12H2,1-7H3. The van der Waals surface area contributed by atoms with Crippen molar-refractivity contribution >= 4 is 19.4 Å². The largest absolute Gasteiger partial charge is 0.529 e. The number of aromatic nitrogens is 3. The molecule has 0 unspecified atom stereocenters. The highest BCUT2D eigenvalue weighted by molar-refractivity contribution is 6.74. The van der Waals surface area contributed by atoms with Crippen molar-refractivity contribution < 1.29 is 4.43 Å². The van der Waals surface area contributed by atoms with Crippen LogP contribution in [0.5, 0.6) is 5.88 Å². The molecule has 2 aromatic heterocycles. The Hall–Kier alpha value is -1.36. The molecular formula is C17H29N3OSi. The molecule has 0 saturated heterocycles. The maximum atomic E-state index is 6.45. The van der Waals surface area contributed by atoms with Crippen molar-refractivity contribution in [2.24, 2.45) is 0 Å². The van der Waals surface area contributed by atoms with Crippen LogP contribution in [0.3, 0.4) is 0 Å². The fourth-order valence-electron chi connectivity index (χ4n) is 2.05. The van der Waals surface area contributed by atoms with E-state index in [0.29, 0.717) is 0 Å². The van der Waals surface area contributed by atoms with Crippen LogP contribution < -0.4 is 4.43 Å². The third-order valence-corrected chi connectivity index (χ3v) is 8.90. The molecule has 0 N–H and O–H groups in total. The highest BCUT2D eigenvalue weighted by atomic mass is 28.4. The number of pyridine rings is 1. The van der Waals surface area contributed by atoms with Gasteiger partial charge in [0.15, 0.2) is 5.65 Å². The van der Waals surface area contributed by atoms with E-state index >= 15 is 0 Å². The molecule has 0 atom stereocenters. The van der Waals surface area contributed by atoms with Gasteiger partial charge in [0.05, 0.1) is 5.39 Å². The molecule has 0 fully saturated rings. The van der Waals surface area contributed by atoms with Crippen LogP contribution in [0.25, 0.3) is 11.0 Å². The molecule has 0 spiro atoms. The maximum Gasteiger partial charge on any atom is 0.252 e. The predicted molar refractivity (Wildman–Crippen MR) is 95.0 cm³/mol. The summed E-state index contributed by atoms with van der Waals surface area (Å²) in [6, 6.07) is 4.13. The van der Waals surface area contributed by atoms with Crippen molar-refractivity contribution in [3.8, 4) is 5.88 Å². The third kappa shape index (κ3) is 3.34. The van der Waals surface area contributed by atoms with Gasteiger partial charge in [-0.3, -0.25) is 0 Å². The molecule has 122 valence electrons. The van der Waals surface area contributed by atoms with E-state index in [1.54, 1.807) is 0 Å². The monoisotopic (exact) mass is 319 g/mol. The van der Waals surface area contributed by atoms with Gasteiger partial charge in [0.25, 0.3) is 8.32 Å². The first-order valence-corrected chi connectivity index (χ1v) is 11.1. The number of fused-ring (bicyclic) bond motifs is 1. The van der Waals surface area contributed by atoms with E-state index in [0.717, 1.165) is 42.0 Å². The smallest absolute Gasteiger partial charge is 0.252 e. The molecule has 2 rings (SSSR count). The minimum atomic E-state index is -1.90. The highest BCUT2D eigenvalue weighted by Gasteiger charge is 2.40. The van der Waals surface area contributed by atoms with E-state index in [1.807, 2.05) is 17.7 Å². The van der Waals surface area contributed by atoms with Crippen molar-refractivity contribution in [1.29, 1.82) is 0 Å². The number of nitrogens with zero attached hydrogens (tertiary/aromatic N) is 3. The van der Waals surface area contributed by atoms with E-state index < -0.39 is 8.32 Å². The summed E-state index contributed by atoms with van der Waals surface area (Å²) >= 11 is 0. The lowest BCUT2D eigenvalue weighted by Gasteiger charge is -2.35. The van der Waals surface area contributed by atoms with E-state index in [9.17, 15) is 0 Å². The second kappa shape index (κ2) is 6.03. The summed E-state index contributed by atoms with van der Waals surface area (Å²) in [7, 11) is -1.90. The Bertz CT molecular complexity index is 656. The highest BCUT2D eigenvalue weighted by Crippen LogP contribution is 2.38. The van der Waals surface area contributed by atoms with Gasteiger partial charge in [-0.15, -0.1) is 5.10 Å². The van der Waals surface area contributed by atoms with Gasteiger partial charge in [-0.1, -0.05) is 34.1 Å². The Morgan fingerprint density at radius 1 is 1.23 bits per heavy atom. The Morgan fingerprint density at radius 2 is 1.91 bits per heavy atom. The lowest BCUT2D eigenvalue weighted by atomic mass is 10.2. The molecule has 0 aliphatic carbocycles. The number of hydrogen-bond donors (Lipinski definition) is 0. The molecule has 0 bridgehead atoms. The summed E-state index contributed by atoms with van der Waals surface area (Å²) in [6.07, 6.45) is 2.25. The molecule has 0 aromatic carbocycles. The first kappa shape index (κ1) is 17.0. The Kier molecular flexibility index (Phi) is 4.66. The van der Waals surface area contributed by atoms with Crippen molar-refractivity contribution in [2.45, 2.75) is 72.1 Å². The number of unbranched alkanes of at least 4 members (excludes halogenated alkanes) is 1. The van der Waals surface area contributed by atoms with Gasteiger partial charge >= 0.3 is 0 Å². The Morgan fingerprint density at radius 3 is 2.50 bits per heavy atom. The molecule has 2 aromatic rings. The molecule has 0 radical (unpaired) electrons. The van der Waals surface area contributed by atoms with Gasteiger partial charge in [-0.25, -0.2) is 9.67 Å². The van der Waals surface area contributed by atoms with Gasteiger partial charge in [0.1, 0.15) is 0 Å². The average molecular weight is 320 g/mol. The lowest BCUT2D eigenvalue weighted by molar-refractivity contribution is 0.462. The van der Waals surface area contributed by atoms with E-state index in [4.69, 9.17) is 9.52 Å². The fourth-order valence-corrected chi connectivity index (χ4v) is 2.99. The minimum absolute atomic E-state index is 0.157. The van der Waals surface area contributed by atoms with Crippen LogP contribution in [0.1, 0.15) is 46.2 Å². The van der Waals surface area contributed by atoms with Crippen molar-refractivity contribution in [2.75, 3.05) is 0 Å². The molecule has 0 aliphatic rings. The molecule has 0 amide bonds. The van der Waals surface area contributed by atoms with Crippen LogP contribution in [0.4, 0.5) is 0 Å². The summed E-state index contributed by atoms with van der Waals surface area (Å²) in [6.45, 7) is 16.4. The zero-order valence-corrected chi connectivity index (χ0v) is 16.0. The van der Waals surface area contributed by atoms with Crippen LogP contribution in [-0.2, 0) is 6.54 Å². The first-order chi connectivity index (χ1) is 10.2. The summed E-state index contributed by atoms with van der Waals surface area (Å²) < 4.78 is 8.46. The van der Waals surface area contributed by atoms with E-state index in [2.05, 4.69) is 51.8 Å². The zero-order chi connectivity index (χ0) is 16.5. The summed E-state index contributed by atoms with van der Waals surface area (Å²) in [5.74, 6) is 0.755. The third-order valence-electron chi connectivity index (χ3n) is 4.58. The van der Waals surface area contributed by atoms with Gasteiger partial charge in [-0.05, 0) is 43.6 Å². The van der Waals surface area contributed by atoms with Gasteiger partial charge in [-0.2, -0.15) is 0 Å². The molecular weight excluding hydrogens is 290 g/mol. The second-order valence-electron chi connectivity index (χ2n) is 7.57. The molecule has 22 heavy (non-hydrogen) atoms. The molecule has 0 aliphatic heterocycles. The number of hydrogen-bond acceptors (Lipinski definition) is 3. The van der Waals surface area contributed by atoms with Crippen molar-refractivity contribution in [3.05, 3.63) is 17.8 Å². The quantitative estimate of drug-likeness (QED) is 0.734. The van der Waals surface area contributed by atoms with Crippen molar-refractivity contribution in [3.63, 3.8) is 0 Å². The SMILES string of the molecule is CCCCn1nc(O[Si](C)(C)C(C)(C)C)c2ccc(C)nc21. The minimum Gasteiger partial charge on any atom is -0.529 e. The topological polar surface area (TPSA) is 39.9 Å². The fraction of sp³-hybridized carbons (Fsp3) is 0.647. The summed E-state index contributed by atoms with van der Waals surface area (Å²) in [5.41, 5.74) is 1.96. The Labute approximate surface area is 135 Å². The van der Waals surface area contributed by atoms with E-state index in [1.165, 1.54) is 0 Å². The normalized spacial score (nSPS) is 12.9. The second-order valence-corrected chi connectivity index (χ2v) is 12.3. The van der Waals surface area contributed by atoms with Crippen LogP contribution in [-0.4, -0.2) is 23.1 Å². The van der Waals surface area contributed by atoms with Gasteiger partial charge < -0.3 is 4.43 Å². The van der Waals surface area contributed by atoms with Crippen molar-refractivity contribution in [1.82, 2.24) is 14.8 Å². The summed E-state index contributed by atoms with van der Waals surface area (Å²) in [5, 5.41) is 5.92. The van der Waals surface area contributed by atoms with Gasteiger partial charge in [0.2, 0.25) is 5.88 Å². The average Bonchev–Trinajstić information content (AvgIpc) is 2.72. The van der Waals surface area contributed by atoms with Crippen LogP contribution in [0, 0.1) is 6.92 Å². The summed E-state index contributed by atoms with van der Waals surface area (Å²) in [4.78, 5) is 4.68. The van der Waals surface area contributed by atoms with Crippen LogP contribution in [0.2, 0.25) is 18.1 Å². The predicted octanol–water partition coefficient (Wildman–Crippen LogP) is 4.92. The molecule has 5 heteroatoms. The van der Waals surface area contributed by atoms with Crippen LogP contribution >= 0.6 is 0 Å². The Balaban J connectivity index is 2.46.